The lowest BCUT2D eigenvalue weighted by atomic mass is 10.1. The van der Waals surface area contributed by atoms with Gasteiger partial charge in [0.2, 0.25) is 0 Å². The number of carbonyl (C=O) groups excluding carboxylic acids is 1. The van der Waals surface area contributed by atoms with Gasteiger partial charge in [-0.1, -0.05) is 19.1 Å². The summed E-state index contributed by atoms with van der Waals surface area (Å²) in [7, 11) is 2.13. The van der Waals surface area contributed by atoms with Gasteiger partial charge in [0.25, 0.3) is 5.91 Å². The SMILES string of the molecule is CCCNc1ccccc1C(=O)NCC1CCCN1C. The summed E-state index contributed by atoms with van der Waals surface area (Å²) in [5.41, 5.74) is 1.66. The number of carbonyl (C=O) groups is 1. The van der Waals surface area contributed by atoms with Crippen molar-refractivity contribution in [1.82, 2.24) is 10.2 Å². The van der Waals surface area contributed by atoms with Crippen molar-refractivity contribution in [2.75, 3.05) is 32.0 Å². The minimum atomic E-state index is 0.0181. The molecule has 1 aromatic carbocycles. The van der Waals surface area contributed by atoms with Crippen molar-refractivity contribution in [3.63, 3.8) is 0 Å². The Labute approximate surface area is 121 Å². The normalized spacial score (nSPS) is 19.0. The first-order valence-electron chi connectivity index (χ1n) is 7.53. The molecule has 1 heterocycles. The maximum Gasteiger partial charge on any atom is 0.253 e. The van der Waals surface area contributed by atoms with Gasteiger partial charge >= 0.3 is 0 Å². The molecule has 0 spiro atoms. The van der Waals surface area contributed by atoms with Crippen LogP contribution in [0.15, 0.2) is 24.3 Å². The van der Waals surface area contributed by atoms with Gasteiger partial charge in [0.15, 0.2) is 0 Å². The van der Waals surface area contributed by atoms with Crippen LogP contribution in [0.1, 0.15) is 36.5 Å². The summed E-state index contributed by atoms with van der Waals surface area (Å²) in [6.07, 6.45) is 3.45. The fourth-order valence-corrected chi connectivity index (χ4v) is 2.64. The minimum absolute atomic E-state index is 0.0181. The first-order valence-corrected chi connectivity index (χ1v) is 7.53. The van der Waals surface area contributed by atoms with Crippen LogP contribution in [-0.4, -0.2) is 43.5 Å². The topological polar surface area (TPSA) is 44.4 Å². The summed E-state index contributed by atoms with van der Waals surface area (Å²) in [5.74, 6) is 0.0181. The molecule has 110 valence electrons. The molecule has 1 aromatic rings. The molecular formula is C16H25N3O. The molecule has 0 radical (unpaired) electrons. The Morgan fingerprint density at radius 2 is 2.20 bits per heavy atom. The van der Waals surface area contributed by atoms with E-state index in [1.54, 1.807) is 0 Å². The number of anilines is 1. The molecule has 1 aliphatic rings. The quantitative estimate of drug-likeness (QED) is 0.837. The molecule has 1 unspecified atom stereocenters. The molecule has 4 nitrogen and oxygen atoms in total. The van der Waals surface area contributed by atoms with Crippen LogP contribution >= 0.6 is 0 Å². The molecule has 1 fully saturated rings. The van der Waals surface area contributed by atoms with Gasteiger partial charge in [-0.2, -0.15) is 0 Å². The molecular weight excluding hydrogens is 250 g/mol. The lowest BCUT2D eigenvalue weighted by Crippen LogP contribution is -2.38. The van der Waals surface area contributed by atoms with E-state index in [4.69, 9.17) is 0 Å². The third-order valence-corrected chi connectivity index (χ3v) is 3.91. The van der Waals surface area contributed by atoms with Gasteiger partial charge in [0.1, 0.15) is 0 Å². The van der Waals surface area contributed by atoms with Crippen molar-refractivity contribution in [1.29, 1.82) is 0 Å². The van der Waals surface area contributed by atoms with Gasteiger partial charge < -0.3 is 15.5 Å². The monoisotopic (exact) mass is 275 g/mol. The molecule has 1 saturated heterocycles. The van der Waals surface area contributed by atoms with Crippen LogP contribution < -0.4 is 10.6 Å². The van der Waals surface area contributed by atoms with Crippen LogP contribution in [0, 0.1) is 0 Å². The molecule has 0 bridgehead atoms. The lowest BCUT2D eigenvalue weighted by Gasteiger charge is -2.20. The molecule has 20 heavy (non-hydrogen) atoms. The van der Waals surface area contributed by atoms with E-state index in [-0.39, 0.29) is 5.91 Å². The third kappa shape index (κ3) is 3.73. The van der Waals surface area contributed by atoms with Gasteiger partial charge in [0, 0.05) is 24.8 Å². The Bertz CT molecular complexity index is 447. The summed E-state index contributed by atoms with van der Waals surface area (Å²) >= 11 is 0. The number of para-hydroxylation sites is 1. The van der Waals surface area contributed by atoms with Crippen LogP contribution in [0.5, 0.6) is 0 Å². The minimum Gasteiger partial charge on any atom is -0.384 e. The predicted molar refractivity (Wildman–Crippen MR) is 83.2 cm³/mol. The van der Waals surface area contributed by atoms with Crippen molar-refractivity contribution in [3.05, 3.63) is 29.8 Å². The molecule has 1 atom stereocenters. The average Bonchev–Trinajstić information content (AvgIpc) is 2.88. The summed E-state index contributed by atoms with van der Waals surface area (Å²) in [5, 5.41) is 6.38. The smallest absolute Gasteiger partial charge is 0.253 e. The summed E-state index contributed by atoms with van der Waals surface area (Å²) < 4.78 is 0. The Morgan fingerprint density at radius 1 is 1.40 bits per heavy atom. The third-order valence-electron chi connectivity index (χ3n) is 3.91. The van der Waals surface area contributed by atoms with Gasteiger partial charge in [-0.05, 0) is 45.0 Å². The van der Waals surface area contributed by atoms with Crippen molar-refractivity contribution >= 4 is 11.6 Å². The van der Waals surface area contributed by atoms with E-state index in [0.29, 0.717) is 6.04 Å². The van der Waals surface area contributed by atoms with Crippen molar-refractivity contribution in [3.8, 4) is 0 Å². The zero-order chi connectivity index (χ0) is 14.4. The molecule has 1 amide bonds. The maximum absolute atomic E-state index is 12.3. The number of likely N-dealkylation sites (N-methyl/N-ethyl adjacent to an activating group) is 1. The van der Waals surface area contributed by atoms with Crippen LogP contribution in [0.25, 0.3) is 0 Å². The van der Waals surface area contributed by atoms with Crippen LogP contribution in [0.2, 0.25) is 0 Å². The summed E-state index contributed by atoms with van der Waals surface area (Å²) in [4.78, 5) is 14.6. The zero-order valence-corrected chi connectivity index (χ0v) is 12.5. The highest BCUT2D eigenvalue weighted by atomic mass is 16.1. The molecule has 4 heteroatoms. The van der Waals surface area contributed by atoms with E-state index >= 15 is 0 Å². The Kier molecular flexibility index (Phi) is 5.41. The second-order valence-electron chi connectivity index (χ2n) is 5.46. The molecule has 0 aliphatic carbocycles. The highest BCUT2D eigenvalue weighted by Gasteiger charge is 2.21. The number of hydrogen-bond donors (Lipinski definition) is 2. The Balaban J connectivity index is 1.94. The van der Waals surface area contributed by atoms with Gasteiger partial charge in [0.05, 0.1) is 5.56 Å². The highest BCUT2D eigenvalue weighted by molar-refractivity contribution is 5.99. The number of amides is 1. The zero-order valence-electron chi connectivity index (χ0n) is 12.5. The number of rotatable bonds is 6. The summed E-state index contributed by atoms with van der Waals surface area (Å²) in [6.45, 7) is 4.87. The van der Waals surface area contributed by atoms with E-state index in [2.05, 4.69) is 29.5 Å². The second kappa shape index (κ2) is 7.29. The summed E-state index contributed by atoms with van der Waals surface area (Å²) in [6, 6.07) is 8.19. The van der Waals surface area contributed by atoms with E-state index < -0.39 is 0 Å². The molecule has 2 N–H and O–H groups in total. The fourth-order valence-electron chi connectivity index (χ4n) is 2.64. The van der Waals surface area contributed by atoms with E-state index in [9.17, 15) is 4.79 Å². The van der Waals surface area contributed by atoms with E-state index in [1.165, 1.54) is 12.8 Å². The second-order valence-corrected chi connectivity index (χ2v) is 5.46. The first-order chi connectivity index (χ1) is 9.72. The van der Waals surface area contributed by atoms with Crippen LogP contribution in [-0.2, 0) is 0 Å². The number of nitrogens with zero attached hydrogens (tertiary/aromatic N) is 1. The average molecular weight is 275 g/mol. The van der Waals surface area contributed by atoms with Crippen molar-refractivity contribution < 1.29 is 4.79 Å². The van der Waals surface area contributed by atoms with Crippen LogP contribution in [0.3, 0.4) is 0 Å². The molecule has 1 aliphatic heterocycles. The molecule has 2 rings (SSSR count). The van der Waals surface area contributed by atoms with E-state index in [1.807, 2.05) is 24.3 Å². The number of hydrogen-bond acceptors (Lipinski definition) is 3. The number of likely N-dealkylation sites (tertiary alicyclic amines) is 1. The lowest BCUT2D eigenvalue weighted by molar-refractivity contribution is 0.0944. The van der Waals surface area contributed by atoms with Crippen LogP contribution in [0.4, 0.5) is 5.69 Å². The van der Waals surface area contributed by atoms with Crippen molar-refractivity contribution in [2.45, 2.75) is 32.2 Å². The maximum atomic E-state index is 12.3. The van der Waals surface area contributed by atoms with Gasteiger partial charge in [-0.25, -0.2) is 0 Å². The number of nitrogens with one attached hydrogen (secondary N) is 2. The Hall–Kier alpha value is -1.55. The molecule has 0 saturated carbocycles. The first kappa shape index (κ1) is 14.9. The molecule has 0 aromatic heterocycles. The standard InChI is InChI=1S/C16H25N3O/c1-3-10-17-15-9-5-4-8-14(15)16(20)18-12-13-7-6-11-19(13)2/h4-5,8-9,13,17H,3,6-7,10-12H2,1-2H3,(H,18,20). The predicted octanol–water partition coefficient (Wildman–Crippen LogP) is 2.33. The highest BCUT2D eigenvalue weighted by Crippen LogP contribution is 2.16. The Morgan fingerprint density at radius 3 is 2.90 bits per heavy atom. The van der Waals surface area contributed by atoms with Gasteiger partial charge in [-0.3, -0.25) is 4.79 Å². The number of benzene rings is 1. The van der Waals surface area contributed by atoms with Gasteiger partial charge in [-0.15, -0.1) is 0 Å². The largest absolute Gasteiger partial charge is 0.384 e. The fraction of sp³-hybridized carbons (Fsp3) is 0.562. The van der Waals surface area contributed by atoms with Crippen molar-refractivity contribution in [2.24, 2.45) is 0 Å². The van der Waals surface area contributed by atoms with E-state index in [0.717, 1.165) is 37.3 Å².